The molecule has 0 radical (unpaired) electrons. The number of hydrogen-bond acceptors (Lipinski definition) is 3. The number of aryl methyl sites for hydroxylation is 1. The van der Waals surface area contributed by atoms with E-state index in [-0.39, 0.29) is 5.41 Å². The molecule has 1 aromatic heterocycles. The Labute approximate surface area is 103 Å². The molecule has 17 heavy (non-hydrogen) atoms. The molecular formula is C13H23N3O. The van der Waals surface area contributed by atoms with Gasteiger partial charge >= 0.3 is 0 Å². The molecule has 1 heterocycles. The summed E-state index contributed by atoms with van der Waals surface area (Å²) in [6.07, 6.45) is 5.67. The summed E-state index contributed by atoms with van der Waals surface area (Å²) < 4.78 is 1.75. The van der Waals surface area contributed by atoms with Crippen LogP contribution in [-0.4, -0.2) is 21.4 Å². The van der Waals surface area contributed by atoms with Crippen molar-refractivity contribution in [3.8, 4) is 0 Å². The molecule has 1 aromatic rings. The van der Waals surface area contributed by atoms with Crippen molar-refractivity contribution >= 4 is 0 Å². The van der Waals surface area contributed by atoms with Gasteiger partial charge in [-0.1, -0.05) is 19.8 Å². The molecule has 1 aliphatic rings. The smallest absolute Gasteiger partial charge is 0.102 e. The van der Waals surface area contributed by atoms with E-state index in [1.807, 2.05) is 13.1 Å². The molecule has 0 bridgehead atoms. The van der Waals surface area contributed by atoms with Crippen LogP contribution in [0.15, 0.2) is 12.3 Å². The van der Waals surface area contributed by atoms with Crippen molar-refractivity contribution < 1.29 is 5.11 Å². The lowest BCUT2D eigenvalue weighted by atomic mass is 9.66. The van der Waals surface area contributed by atoms with Gasteiger partial charge in [-0.2, -0.15) is 5.10 Å². The second kappa shape index (κ2) is 4.78. The first-order valence-corrected chi connectivity index (χ1v) is 6.45. The third-order valence-corrected chi connectivity index (χ3v) is 4.25. The van der Waals surface area contributed by atoms with Gasteiger partial charge in [0.2, 0.25) is 0 Å². The Kier molecular flexibility index (Phi) is 3.54. The van der Waals surface area contributed by atoms with E-state index in [1.165, 1.54) is 6.42 Å². The molecule has 2 rings (SSSR count). The number of aromatic nitrogens is 2. The molecule has 1 aliphatic carbocycles. The zero-order valence-corrected chi connectivity index (χ0v) is 10.8. The lowest BCUT2D eigenvalue weighted by Crippen LogP contribution is -2.41. The molecule has 0 aromatic carbocycles. The number of aliphatic hydroxyl groups excluding tert-OH is 1. The lowest BCUT2D eigenvalue weighted by molar-refractivity contribution is -0.0178. The van der Waals surface area contributed by atoms with E-state index in [4.69, 9.17) is 5.73 Å². The number of rotatable bonds is 3. The van der Waals surface area contributed by atoms with Gasteiger partial charge in [-0.3, -0.25) is 4.68 Å². The molecule has 0 spiro atoms. The molecule has 3 unspecified atom stereocenters. The van der Waals surface area contributed by atoms with Gasteiger partial charge < -0.3 is 10.8 Å². The standard InChI is InChI=1S/C13H23N3O/c1-10-4-3-6-13(8-10,9-14)12(17)11-5-7-15-16(11)2/h5,7,10,12,17H,3-4,6,8-9,14H2,1-2H3. The zero-order chi connectivity index (χ0) is 12.5. The first kappa shape index (κ1) is 12.6. The average molecular weight is 237 g/mol. The van der Waals surface area contributed by atoms with Crippen LogP contribution in [0.2, 0.25) is 0 Å². The van der Waals surface area contributed by atoms with Crippen molar-refractivity contribution in [2.24, 2.45) is 24.1 Å². The summed E-state index contributed by atoms with van der Waals surface area (Å²) in [6.45, 7) is 2.79. The fourth-order valence-electron chi connectivity index (χ4n) is 3.21. The van der Waals surface area contributed by atoms with Gasteiger partial charge in [0, 0.05) is 25.2 Å². The maximum absolute atomic E-state index is 10.6. The molecule has 0 saturated heterocycles. The van der Waals surface area contributed by atoms with Gasteiger partial charge in [-0.15, -0.1) is 0 Å². The largest absolute Gasteiger partial charge is 0.386 e. The number of hydrogen-bond donors (Lipinski definition) is 2. The summed E-state index contributed by atoms with van der Waals surface area (Å²) in [5.41, 5.74) is 6.69. The molecule has 0 amide bonds. The topological polar surface area (TPSA) is 64.1 Å². The maximum atomic E-state index is 10.6. The Morgan fingerprint density at radius 3 is 3.00 bits per heavy atom. The van der Waals surface area contributed by atoms with E-state index in [2.05, 4.69) is 12.0 Å². The summed E-state index contributed by atoms with van der Waals surface area (Å²) in [6, 6.07) is 1.89. The lowest BCUT2D eigenvalue weighted by Gasteiger charge is -2.42. The van der Waals surface area contributed by atoms with E-state index < -0.39 is 6.10 Å². The van der Waals surface area contributed by atoms with Gasteiger partial charge in [-0.05, 0) is 24.8 Å². The number of nitrogens with two attached hydrogens (primary N) is 1. The van der Waals surface area contributed by atoms with Gasteiger partial charge in [0.1, 0.15) is 6.10 Å². The van der Waals surface area contributed by atoms with Crippen LogP contribution in [0.3, 0.4) is 0 Å². The molecule has 3 atom stereocenters. The molecule has 96 valence electrons. The van der Waals surface area contributed by atoms with Gasteiger partial charge in [0.05, 0.1) is 5.69 Å². The average Bonchev–Trinajstić information content (AvgIpc) is 2.74. The monoisotopic (exact) mass is 237 g/mol. The Morgan fingerprint density at radius 1 is 1.71 bits per heavy atom. The fourth-order valence-corrected chi connectivity index (χ4v) is 3.21. The molecular weight excluding hydrogens is 214 g/mol. The second-order valence-electron chi connectivity index (χ2n) is 5.55. The van der Waals surface area contributed by atoms with Gasteiger partial charge in [0.15, 0.2) is 0 Å². The van der Waals surface area contributed by atoms with E-state index in [0.717, 1.165) is 25.0 Å². The summed E-state index contributed by atoms with van der Waals surface area (Å²) in [4.78, 5) is 0. The van der Waals surface area contributed by atoms with Crippen LogP contribution in [0.4, 0.5) is 0 Å². The Bertz CT molecular complexity index is 376. The van der Waals surface area contributed by atoms with E-state index in [9.17, 15) is 5.11 Å². The van der Waals surface area contributed by atoms with E-state index in [0.29, 0.717) is 12.5 Å². The molecule has 4 nitrogen and oxygen atoms in total. The van der Waals surface area contributed by atoms with Crippen molar-refractivity contribution in [2.75, 3.05) is 6.54 Å². The van der Waals surface area contributed by atoms with Crippen molar-refractivity contribution in [3.63, 3.8) is 0 Å². The maximum Gasteiger partial charge on any atom is 0.102 e. The highest BCUT2D eigenvalue weighted by molar-refractivity contribution is 5.10. The van der Waals surface area contributed by atoms with Crippen LogP contribution < -0.4 is 5.73 Å². The fraction of sp³-hybridized carbons (Fsp3) is 0.769. The molecule has 1 saturated carbocycles. The first-order valence-electron chi connectivity index (χ1n) is 6.45. The molecule has 3 N–H and O–H groups in total. The molecule has 4 heteroatoms. The first-order chi connectivity index (χ1) is 8.09. The van der Waals surface area contributed by atoms with E-state index >= 15 is 0 Å². The SMILES string of the molecule is CC1CCCC(CN)(C(O)c2ccnn2C)C1. The van der Waals surface area contributed by atoms with Crippen molar-refractivity contribution in [3.05, 3.63) is 18.0 Å². The highest BCUT2D eigenvalue weighted by Gasteiger charge is 2.41. The van der Waals surface area contributed by atoms with E-state index in [1.54, 1.807) is 10.9 Å². The normalized spacial score (nSPS) is 31.4. The number of aliphatic hydroxyl groups is 1. The molecule has 0 aliphatic heterocycles. The summed E-state index contributed by atoms with van der Waals surface area (Å²) >= 11 is 0. The molecule has 1 fully saturated rings. The minimum atomic E-state index is -0.497. The predicted octanol–water partition coefficient (Wildman–Crippen LogP) is 1.61. The minimum absolute atomic E-state index is 0.161. The minimum Gasteiger partial charge on any atom is -0.386 e. The highest BCUT2D eigenvalue weighted by atomic mass is 16.3. The third-order valence-electron chi connectivity index (χ3n) is 4.25. The Hall–Kier alpha value is -0.870. The van der Waals surface area contributed by atoms with Crippen molar-refractivity contribution in [1.29, 1.82) is 0 Å². The third kappa shape index (κ3) is 2.24. The van der Waals surface area contributed by atoms with Crippen LogP contribution in [-0.2, 0) is 7.05 Å². The zero-order valence-electron chi connectivity index (χ0n) is 10.8. The number of nitrogens with zero attached hydrogens (tertiary/aromatic N) is 2. The summed E-state index contributed by atoms with van der Waals surface area (Å²) in [7, 11) is 1.87. The van der Waals surface area contributed by atoms with Crippen molar-refractivity contribution in [2.45, 2.75) is 38.7 Å². The van der Waals surface area contributed by atoms with Crippen molar-refractivity contribution in [1.82, 2.24) is 9.78 Å². The van der Waals surface area contributed by atoms with Crippen LogP contribution in [0.1, 0.15) is 44.4 Å². The second-order valence-corrected chi connectivity index (χ2v) is 5.55. The Morgan fingerprint density at radius 2 is 2.47 bits per heavy atom. The highest BCUT2D eigenvalue weighted by Crippen LogP contribution is 2.46. The van der Waals surface area contributed by atoms with Crippen LogP contribution >= 0.6 is 0 Å². The van der Waals surface area contributed by atoms with Crippen LogP contribution in [0.5, 0.6) is 0 Å². The summed E-state index contributed by atoms with van der Waals surface area (Å²) in [5.74, 6) is 0.648. The Balaban J connectivity index is 2.26. The van der Waals surface area contributed by atoms with Gasteiger partial charge in [0.25, 0.3) is 0 Å². The van der Waals surface area contributed by atoms with Crippen LogP contribution in [0.25, 0.3) is 0 Å². The van der Waals surface area contributed by atoms with Gasteiger partial charge in [-0.25, -0.2) is 0 Å². The predicted molar refractivity (Wildman–Crippen MR) is 67.3 cm³/mol. The summed E-state index contributed by atoms with van der Waals surface area (Å²) in [5, 5.41) is 14.8. The quantitative estimate of drug-likeness (QED) is 0.839. The van der Waals surface area contributed by atoms with Crippen LogP contribution in [0, 0.1) is 11.3 Å².